The predicted octanol–water partition coefficient (Wildman–Crippen LogP) is 3.05. The zero-order valence-electron chi connectivity index (χ0n) is 10.5. The molecule has 0 aliphatic rings. The molecule has 0 bridgehead atoms. The van der Waals surface area contributed by atoms with E-state index >= 15 is 0 Å². The van der Waals surface area contributed by atoms with E-state index in [0.29, 0.717) is 12.0 Å². The van der Waals surface area contributed by atoms with Gasteiger partial charge in [0.2, 0.25) is 0 Å². The third-order valence-corrected chi connectivity index (χ3v) is 4.57. The normalized spacial score (nSPS) is 14.0. The number of carbonyl (C=O) groups excluding carboxylic acids is 1. The molecule has 0 unspecified atom stereocenters. The van der Waals surface area contributed by atoms with Gasteiger partial charge in [-0.25, -0.2) is 4.79 Å². The number of carboxylic acids is 1. The molecular weight excluding hydrogens is 318 g/mol. The Bertz CT molecular complexity index is 458. The molecule has 4 nitrogen and oxygen atoms in total. The van der Waals surface area contributed by atoms with Crippen LogP contribution in [-0.2, 0) is 4.79 Å². The fourth-order valence-electron chi connectivity index (χ4n) is 1.54. The third-order valence-electron chi connectivity index (χ3n) is 2.82. The van der Waals surface area contributed by atoms with Crippen molar-refractivity contribution in [3.05, 3.63) is 20.3 Å². The molecule has 1 heterocycles. The minimum atomic E-state index is -0.999. The van der Waals surface area contributed by atoms with E-state index in [-0.39, 0.29) is 11.8 Å². The number of hydrogen-bond donors (Lipinski definition) is 2. The predicted molar refractivity (Wildman–Crippen MR) is 75.1 cm³/mol. The van der Waals surface area contributed by atoms with Crippen molar-refractivity contribution in [2.45, 2.75) is 33.2 Å². The highest BCUT2D eigenvalue weighted by molar-refractivity contribution is 9.11. The summed E-state index contributed by atoms with van der Waals surface area (Å²) in [7, 11) is 0. The van der Waals surface area contributed by atoms with Gasteiger partial charge in [-0.3, -0.25) is 4.79 Å². The first-order valence-corrected chi connectivity index (χ1v) is 7.27. The van der Waals surface area contributed by atoms with Gasteiger partial charge in [-0.05, 0) is 34.8 Å². The summed E-state index contributed by atoms with van der Waals surface area (Å²) in [5, 5.41) is 11.7. The molecule has 0 spiro atoms. The Kier molecular flexibility index (Phi) is 5.34. The Morgan fingerprint density at radius 2 is 2.17 bits per heavy atom. The minimum absolute atomic E-state index is 0.107. The van der Waals surface area contributed by atoms with E-state index in [4.69, 9.17) is 5.11 Å². The van der Waals surface area contributed by atoms with Crippen LogP contribution in [0.15, 0.2) is 9.85 Å². The molecule has 0 fully saturated rings. The average Bonchev–Trinajstić information content (AvgIpc) is 2.63. The van der Waals surface area contributed by atoms with Gasteiger partial charge in [0.15, 0.2) is 0 Å². The number of rotatable bonds is 5. The molecule has 0 saturated heterocycles. The van der Waals surface area contributed by atoms with Crippen molar-refractivity contribution in [1.82, 2.24) is 5.32 Å². The Morgan fingerprint density at radius 1 is 1.56 bits per heavy atom. The van der Waals surface area contributed by atoms with Gasteiger partial charge >= 0.3 is 5.97 Å². The van der Waals surface area contributed by atoms with Crippen molar-refractivity contribution in [2.75, 3.05) is 0 Å². The molecule has 1 rings (SSSR count). The van der Waals surface area contributed by atoms with Crippen LogP contribution in [0.5, 0.6) is 0 Å². The number of thiophene rings is 1. The molecule has 18 heavy (non-hydrogen) atoms. The van der Waals surface area contributed by atoms with Crippen LogP contribution in [0.1, 0.15) is 35.5 Å². The maximum Gasteiger partial charge on any atom is 0.326 e. The number of aliphatic carboxylic acids is 1. The van der Waals surface area contributed by atoms with E-state index < -0.39 is 12.0 Å². The average molecular weight is 334 g/mol. The highest BCUT2D eigenvalue weighted by Gasteiger charge is 2.26. The Labute approximate surface area is 119 Å². The van der Waals surface area contributed by atoms with Gasteiger partial charge in [-0.1, -0.05) is 20.3 Å². The lowest BCUT2D eigenvalue weighted by Crippen LogP contribution is -2.45. The number of nitrogens with one attached hydrogen (secondary N) is 1. The molecule has 1 aromatic heterocycles. The first-order valence-electron chi connectivity index (χ1n) is 5.66. The SMILES string of the molecule is CC[C@H](C)[C@H](NC(=O)c1cc(C)sc1Br)C(=O)O. The van der Waals surface area contributed by atoms with E-state index in [1.54, 1.807) is 6.07 Å². The molecule has 0 aliphatic carbocycles. The highest BCUT2D eigenvalue weighted by atomic mass is 79.9. The fraction of sp³-hybridized carbons (Fsp3) is 0.500. The molecule has 2 atom stereocenters. The Morgan fingerprint density at radius 3 is 2.56 bits per heavy atom. The van der Waals surface area contributed by atoms with Crippen LogP contribution in [0.3, 0.4) is 0 Å². The van der Waals surface area contributed by atoms with Gasteiger partial charge in [0.25, 0.3) is 5.91 Å². The molecule has 0 radical (unpaired) electrons. The quantitative estimate of drug-likeness (QED) is 0.870. The first kappa shape index (κ1) is 15.2. The lowest BCUT2D eigenvalue weighted by molar-refractivity contribution is -0.140. The zero-order valence-corrected chi connectivity index (χ0v) is 12.9. The van der Waals surface area contributed by atoms with Gasteiger partial charge in [0.1, 0.15) is 6.04 Å². The van der Waals surface area contributed by atoms with Crippen LogP contribution in [0, 0.1) is 12.8 Å². The molecule has 100 valence electrons. The summed E-state index contributed by atoms with van der Waals surface area (Å²) in [6, 6.07) is 0.897. The molecular formula is C12H16BrNO3S. The highest BCUT2D eigenvalue weighted by Crippen LogP contribution is 2.27. The number of carbonyl (C=O) groups is 2. The molecule has 1 amide bonds. The molecule has 0 aliphatic heterocycles. The second kappa shape index (κ2) is 6.33. The van der Waals surface area contributed by atoms with Crippen LogP contribution in [0.2, 0.25) is 0 Å². The summed E-state index contributed by atoms with van der Waals surface area (Å²) in [5.74, 6) is -1.45. The number of aryl methyl sites for hydroxylation is 1. The summed E-state index contributed by atoms with van der Waals surface area (Å²) >= 11 is 4.76. The maximum absolute atomic E-state index is 12.0. The van der Waals surface area contributed by atoms with E-state index in [2.05, 4.69) is 21.2 Å². The molecule has 0 aromatic carbocycles. The van der Waals surface area contributed by atoms with E-state index in [1.807, 2.05) is 20.8 Å². The minimum Gasteiger partial charge on any atom is -0.480 e. The first-order chi connectivity index (χ1) is 8.36. The summed E-state index contributed by atoms with van der Waals surface area (Å²) in [4.78, 5) is 24.2. The standard InChI is InChI=1S/C12H16BrNO3S/c1-4-6(2)9(12(16)17)14-11(15)8-5-7(3)18-10(8)13/h5-6,9H,4H2,1-3H3,(H,14,15)(H,16,17)/t6-,9-/m0/s1. The molecule has 6 heteroatoms. The van der Waals surface area contributed by atoms with E-state index in [0.717, 1.165) is 8.66 Å². The fourth-order valence-corrected chi connectivity index (χ4v) is 3.32. The monoisotopic (exact) mass is 333 g/mol. The van der Waals surface area contributed by atoms with Crippen molar-refractivity contribution in [2.24, 2.45) is 5.92 Å². The number of hydrogen-bond acceptors (Lipinski definition) is 3. The summed E-state index contributed by atoms with van der Waals surface area (Å²) in [6.45, 7) is 5.61. The van der Waals surface area contributed by atoms with Crippen molar-refractivity contribution < 1.29 is 14.7 Å². The van der Waals surface area contributed by atoms with E-state index in [1.165, 1.54) is 11.3 Å². The Hall–Kier alpha value is -0.880. The number of amides is 1. The lowest BCUT2D eigenvalue weighted by Gasteiger charge is -2.19. The number of halogens is 1. The van der Waals surface area contributed by atoms with Gasteiger partial charge in [-0.2, -0.15) is 0 Å². The zero-order chi connectivity index (χ0) is 13.9. The molecule has 1 aromatic rings. The van der Waals surface area contributed by atoms with Crippen LogP contribution in [0.25, 0.3) is 0 Å². The summed E-state index contributed by atoms with van der Waals surface area (Å²) in [5.41, 5.74) is 0.493. The second-order valence-electron chi connectivity index (χ2n) is 4.22. The van der Waals surface area contributed by atoms with Crippen LogP contribution in [-0.4, -0.2) is 23.0 Å². The van der Waals surface area contributed by atoms with Crippen molar-refractivity contribution >= 4 is 39.1 Å². The lowest BCUT2D eigenvalue weighted by atomic mass is 9.99. The van der Waals surface area contributed by atoms with Crippen molar-refractivity contribution in [1.29, 1.82) is 0 Å². The molecule has 2 N–H and O–H groups in total. The topological polar surface area (TPSA) is 66.4 Å². The summed E-state index contributed by atoms with van der Waals surface area (Å²) in [6.07, 6.45) is 0.696. The Balaban J connectivity index is 2.85. The largest absolute Gasteiger partial charge is 0.480 e. The van der Waals surface area contributed by atoms with Crippen molar-refractivity contribution in [3.63, 3.8) is 0 Å². The smallest absolute Gasteiger partial charge is 0.326 e. The van der Waals surface area contributed by atoms with Gasteiger partial charge < -0.3 is 10.4 Å². The van der Waals surface area contributed by atoms with Gasteiger partial charge in [0, 0.05) is 4.88 Å². The van der Waals surface area contributed by atoms with Crippen LogP contribution in [0.4, 0.5) is 0 Å². The third kappa shape index (κ3) is 3.55. The van der Waals surface area contributed by atoms with Crippen LogP contribution >= 0.6 is 27.3 Å². The van der Waals surface area contributed by atoms with E-state index in [9.17, 15) is 9.59 Å². The van der Waals surface area contributed by atoms with Gasteiger partial charge in [-0.15, -0.1) is 11.3 Å². The molecule has 0 saturated carbocycles. The second-order valence-corrected chi connectivity index (χ2v) is 6.79. The van der Waals surface area contributed by atoms with Gasteiger partial charge in [0.05, 0.1) is 9.35 Å². The number of carboxylic acid groups (broad SMARTS) is 1. The maximum atomic E-state index is 12.0. The summed E-state index contributed by atoms with van der Waals surface area (Å²) < 4.78 is 0.728. The van der Waals surface area contributed by atoms with Crippen LogP contribution < -0.4 is 5.32 Å². The van der Waals surface area contributed by atoms with Crippen molar-refractivity contribution in [3.8, 4) is 0 Å².